The molecule has 0 aromatic heterocycles. The number of nitrogens with zero attached hydrogens (tertiary/aromatic N) is 1. The van der Waals surface area contributed by atoms with Gasteiger partial charge in [-0.15, -0.1) is 0 Å². The summed E-state index contributed by atoms with van der Waals surface area (Å²) in [7, 11) is 2.25. The maximum atomic E-state index is 3.37. The fourth-order valence-electron chi connectivity index (χ4n) is 1.82. The van der Waals surface area contributed by atoms with Crippen LogP contribution in [0.3, 0.4) is 0 Å². The summed E-state index contributed by atoms with van der Waals surface area (Å²) >= 11 is 0. The predicted octanol–water partition coefficient (Wildman–Crippen LogP) is 3.13. The van der Waals surface area contributed by atoms with Crippen molar-refractivity contribution in [2.45, 2.75) is 59.9 Å². The number of unbranched alkanes of at least 4 members (excludes halogenated alkanes) is 2. The van der Waals surface area contributed by atoms with Crippen molar-refractivity contribution >= 4 is 0 Å². The molecule has 98 valence electrons. The van der Waals surface area contributed by atoms with Gasteiger partial charge in [-0.25, -0.2) is 0 Å². The van der Waals surface area contributed by atoms with Crippen molar-refractivity contribution < 1.29 is 0 Å². The summed E-state index contributed by atoms with van der Waals surface area (Å²) in [6.45, 7) is 15.0. The Labute approximate surface area is 103 Å². The second-order valence-electron chi connectivity index (χ2n) is 5.94. The van der Waals surface area contributed by atoms with Gasteiger partial charge in [0.25, 0.3) is 0 Å². The van der Waals surface area contributed by atoms with E-state index in [9.17, 15) is 0 Å². The minimum absolute atomic E-state index is 0.387. The Morgan fingerprint density at radius 2 is 1.75 bits per heavy atom. The van der Waals surface area contributed by atoms with E-state index in [4.69, 9.17) is 0 Å². The second-order valence-corrected chi connectivity index (χ2v) is 5.94. The predicted molar refractivity (Wildman–Crippen MR) is 73.9 cm³/mol. The normalized spacial score (nSPS) is 14.4. The van der Waals surface area contributed by atoms with Crippen LogP contribution < -0.4 is 5.32 Å². The van der Waals surface area contributed by atoms with E-state index >= 15 is 0 Å². The van der Waals surface area contributed by atoms with Crippen LogP contribution in [0.2, 0.25) is 0 Å². The van der Waals surface area contributed by atoms with Crippen LogP contribution in [0, 0.1) is 5.41 Å². The molecule has 0 amide bonds. The Balaban J connectivity index is 3.54. The first kappa shape index (κ1) is 15.9. The number of hydrogen-bond acceptors (Lipinski definition) is 2. The molecule has 0 aromatic carbocycles. The first-order valence-electron chi connectivity index (χ1n) is 6.80. The summed E-state index contributed by atoms with van der Waals surface area (Å²) in [4.78, 5) is 2.49. The van der Waals surface area contributed by atoms with Gasteiger partial charge < -0.3 is 10.2 Å². The van der Waals surface area contributed by atoms with E-state index in [1.165, 1.54) is 32.4 Å². The average Bonchev–Trinajstić information content (AvgIpc) is 2.20. The minimum atomic E-state index is 0.387. The molecule has 1 N–H and O–H groups in total. The molecule has 0 radical (unpaired) electrons. The van der Waals surface area contributed by atoms with E-state index in [1.54, 1.807) is 0 Å². The Morgan fingerprint density at radius 1 is 1.12 bits per heavy atom. The van der Waals surface area contributed by atoms with Crippen LogP contribution in [0.4, 0.5) is 0 Å². The number of hydrogen-bond donors (Lipinski definition) is 1. The summed E-state index contributed by atoms with van der Waals surface area (Å²) < 4.78 is 0. The summed E-state index contributed by atoms with van der Waals surface area (Å²) in [5, 5.41) is 3.37. The molecule has 1 atom stereocenters. The third kappa shape index (κ3) is 7.24. The lowest BCUT2D eigenvalue weighted by molar-refractivity contribution is 0.139. The largest absolute Gasteiger partial charge is 0.317 e. The van der Waals surface area contributed by atoms with Crippen molar-refractivity contribution in [3.05, 3.63) is 0 Å². The highest BCUT2D eigenvalue weighted by molar-refractivity contribution is 4.77. The SMILES string of the molecule is CCNCCCCCN(C)C(C)C(C)(C)C. The van der Waals surface area contributed by atoms with Gasteiger partial charge in [-0.3, -0.25) is 0 Å². The van der Waals surface area contributed by atoms with Crippen molar-refractivity contribution in [3.8, 4) is 0 Å². The molecule has 2 heteroatoms. The molecule has 0 rings (SSSR count). The molecular weight excluding hydrogens is 196 g/mol. The minimum Gasteiger partial charge on any atom is -0.317 e. The Morgan fingerprint density at radius 3 is 2.25 bits per heavy atom. The van der Waals surface area contributed by atoms with Crippen LogP contribution in [-0.2, 0) is 0 Å². The average molecular weight is 228 g/mol. The van der Waals surface area contributed by atoms with E-state index in [2.05, 4.69) is 51.9 Å². The molecule has 0 saturated carbocycles. The van der Waals surface area contributed by atoms with Gasteiger partial charge in [-0.05, 0) is 51.9 Å². The Kier molecular flexibility index (Phi) is 8.04. The highest BCUT2D eigenvalue weighted by atomic mass is 15.1. The highest BCUT2D eigenvalue weighted by Gasteiger charge is 2.23. The van der Waals surface area contributed by atoms with Gasteiger partial charge in [0.2, 0.25) is 0 Å². The molecule has 0 aromatic rings. The van der Waals surface area contributed by atoms with Crippen LogP contribution in [0.1, 0.15) is 53.9 Å². The van der Waals surface area contributed by atoms with Crippen molar-refractivity contribution in [1.29, 1.82) is 0 Å². The summed E-state index contributed by atoms with van der Waals surface area (Å²) in [6.07, 6.45) is 3.97. The molecule has 0 spiro atoms. The number of rotatable bonds is 8. The molecule has 0 aliphatic heterocycles. The molecule has 0 fully saturated rings. The lowest BCUT2D eigenvalue weighted by atomic mass is 9.87. The van der Waals surface area contributed by atoms with Gasteiger partial charge >= 0.3 is 0 Å². The standard InChI is InChI=1S/C14H32N2/c1-7-15-11-9-8-10-12-16(6)13(2)14(3,4)5/h13,15H,7-12H2,1-6H3. The molecule has 0 aliphatic carbocycles. The first-order chi connectivity index (χ1) is 7.39. The maximum absolute atomic E-state index is 3.37. The fraction of sp³-hybridized carbons (Fsp3) is 1.00. The first-order valence-corrected chi connectivity index (χ1v) is 6.80. The molecule has 0 aliphatic rings. The van der Waals surface area contributed by atoms with E-state index in [0.29, 0.717) is 11.5 Å². The molecular formula is C14H32N2. The Hall–Kier alpha value is -0.0800. The van der Waals surface area contributed by atoms with Gasteiger partial charge in [0.1, 0.15) is 0 Å². The molecule has 2 nitrogen and oxygen atoms in total. The lowest BCUT2D eigenvalue weighted by Gasteiger charge is -2.35. The van der Waals surface area contributed by atoms with E-state index in [1.807, 2.05) is 0 Å². The van der Waals surface area contributed by atoms with Gasteiger partial charge in [-0.2, -0.15) is 0 Å². The van der Waals surface area contributed by atoms with Crippen molar-refractivity contribution in [2.75, 3.05) is 26.7 Å². The zero-order chi connectivity index (χ0) is 12.6. The molecule has 1 unspecified atom stereocenters. The van der Waals surface area contributed by atoms with Gasteiger partial charge in [0.05, 0.1) is 0 Å². The second kappa shape index (κ2) is 8.08. The van der Waals surface area contributed by atoms with Crippen LogP contribution in [-0.4, -0.2) is 37.6 Å². The van der Waals surface area contributed by atoms with Crippen LogP contribution in [0.15, 0.2) is 0 Å². The third-order valence-electron chi connectivity index (χ3n) is 3.53. The van der Waals surface area contributed by atoms with Crippen LogP contribution in [0.5, 0.6) is 0 Å². The van der Waals surface area contributed by atoms with E-state index in [-0.39, 0.29) is 0 Å². The van der Waals surface area contributed by atoms with E-state index in [0.717, 1.165) is 6.54 Å². The smallest absolute Gasteiger partial charge is 0.0112 e. The zero-order valence-corrected chi connectivity index (χ0v) is 12.3. The molecule has 0 heterocycles. The fourth-order valence-corrected chi connectivity index (χ4v) is 1.82. The van der Waals surface area contributed by atoms with E-state index < -0.39 is 0 Å². The van der Waals surface area contributed by atoms with Crippen LogP contribution >= 0.6 is 0 Å². The van der Waals surface area contributed by atoms with Gasteiger partial charge in [0, 0.05) is 6.04 Å². The number of nitrogens with one attached hydrogen (secondary N) is 1. The van der Waals surface area contributed by atoms with Crippen molar-refractivity contribution in [2.24, 2.45) is 5.41 Å². The summed E-state index contributed by atoms with van der Waals surface area (Å²) in [5.74, 6) is 0. The summed E-state index contributed by atoms with van der Waals surface area (Å²) in [5.41, 5.74) is 0.387. The van der Waals surface area contributed by atoms with Crippen molar-refractivity contribution in [1.82, 2.24) is 10.2 Å². The monoisotopic (exact) mass is 228 g/mol. The summed E-state index contributed by atoms with van der Waals surface area (Å²) in [6, 6.07) is 0.654. The quantitative estimate of drug-likeness (QED) is 0.642. The molecule has 0 saturated heterocycles. The third-order valence-corrected chi connectivity index (χ3v) is 3.53. The molecule has 0 bridgehead atoms. The van der Waals surface area contributed by atoms with Gasteiger partial charge in [-0.1, -0.05) is 34.1 Å². The topological polar surface area (TPSA) is 15.3 Å². The van der Waals surface area contributed by atoms with Crippen LogP contribution in [0.25, 0.3) is 0 Å². The maximum Gasteiger partial charge on any atom is 0.0112 e. The molecule has 16 heavy (non-hydrogen) atoms. The Bertz CT molecular complexity index is 161. The zero-order valence-electron chi connectivity index (χ0n) is 12.3. The van der Waals surface area contributed by atoms with Gasteiger partial charge in [0.15, 0.2) is 0 Å². The lowest BCUT2D eigenvalue weighted by Crippen LogP contribution is -2.39. The van der Waals surface area contributed by atoms with Crippen molar-refractivity contribution in [3.63, 3.8) is 0 Å². The highest BCUT2D eigenvalue weighted by Crippen LogP contribution is 2.23.